The number of amides is 2. The number of hydrogen-bond acceptors (Lipinski definition) is 4. The molecule has 0 saturated heterocycles. The highest BCUT2D eigenvalue weighted by molar-refractivity contribution is 6.05. The second-order valence-corrected chi connectivity index (χ2v) is 6.07. The van der Waals surface area contributed by atoms with Crippen molar-refractivity contribution >= 4 is 35.0 Å². The van der Waals surface area contributed by atoms with E-state index in [1.165, 1.54) is 24.3 Å². The summed E-state index contributed by atoms with van der Waals surface area (Å²) in [6.45, 7) is 0. The highest BCUT2D eigenvalue weighted by Crippen LogP contribution is 2.16. The van der Waals surface area contributed by atoms with Crippen LogP contribution in [0.1, 0.15) is 15.9 Å². The van der Waals surface area contributed by atoms with E-state index in [9.17, 15) is 19.7 Å². The monoisotopic (exact) mass is 387 g/mol. The zero-order valence-electron chi connectivity index (χ0n) is 15.2. The molecule has 7 heteroatoms. The smallest absolute Gasteiger partial charge is 0.270 e. The van der Waals surface area contributed by atoms with Gasteiger partial charge in [-0.1, -0.05) is 30.3 Å². The Bertz CT molecular complexity index is 1060. The maximum absolute atomic E-state index is 12.1. The molecule has 7 nitrogen and oxygen atoms in total. The molecule has 2 N–H and O–H groups in total. The molecule has 144 valence electrons. The number of nitro benzene ring substituents is 1. The fourth-order valence-electron chi connectivity index (χ4n) is 2.53. The molecule has 0 radical (unpaired) electrons. The molecule has 0 saturated carbocycles. The summed E-state index contributed by atoms with van der Waals surface area (Å²) in [4.78, 5) is 34.5. The summed E-state index contributed by atoms with van der Waals surface area (Å²) in [5.41, 5.74) is 2.21. The van der Waals surface area contributed by atoms with Gasteiger partial charge in [0.15, 0.2) is 0 Å². The molecular formula is C22H17N3O4. The maximum atomic E-state index is 12.1. The number of carbonyl (C=O) groups is 2. The molecule has 3 rings (SSSR count). The van der Waals surface area contributed by atoms with Crippen molar-refractivity contribution in [2.24, 2.45) is 0 Å². The number of rotatable bonds is 6. The Balaban J connectivity index is 1.58. The van der Waals surface area contributed by atoms with Gasteiger partial charge in [-0.05, 0) is 48.0 Å². The quantitative estimate of drug-likeness (QED) is 0.369. The van der Waals surface area contributed by atoms with Crippen LogP contribution in [-0.4, -0.2) is 16.7 Å². The Morgan fingerprint density at radius 1 is 0.828 bits per heavy atom. The van der Waals surface area contributed by atoms with Crippen LogP contribution in [0.4, 0.5) is 17.1 Å². The predicted octanol–water partition coefficient (Wildman–Crippen LogP) is 4.50. The molecule has 0 atom stereocenters. The minimum atomic E-state index is -0.491. The third kappa shape index (κ3) is 5.61. The molecule has 0 aliphatic carbocycles. The van der Waals surface area contributed by atoms with Gasteiger partial charge < -0.3 is 10.6 Å². The van der Waals surface area contributed by atoms with Gasteiger partial charge in [-0.25, -0.2) is 0 Å². The number of non-ortho nitro benzene ring substituents is 1. The molecule has 3 aromatic carbocycles. The molecule has 0 aliphatic heterocycles. The van der Waals surface area contributed by atoms with Crippen molar-refractivity contribution in [1.82, 2.24) is 0 Å². The lowest BCUT2D eigenvalue weighted by Gasteiger charge is -2.07. The number of nitro groups is 1. The van der Waals surface area contributed by atoms with Crippen molar-refractivity contribution < 1.29 is 14.5 Å². The second kappa shape index (κ2) is 9.09. The van der Waals surface area contributed by atoms with Crippen molar-refractivity contribution in [3.8, 4) is 0 Å². The topological polar surface area (TPSA) is 101 Å². The van der Waals surface area contributed by atoms with E-state index in [2.05, 4.69) is 10.6 Å². The van der Waals surface area contributed by atoms with Crippen molar-refractivity contribution in [3.05, 3.63) is 106 Å². The van der Waals surface area contributed by atoms with Crippen molar-refractivity contribution in [3.63, 3.8) is 0 Å². The van der Waals surface area contributed by atoms with Crippen LogP contribution in [0.2, 0.25) is 0 Å². The van der Waals surface area contributed by atoms with Crippen LogP contribution < -0.4 is 10.6 Å². The number of nitrogens with zero attached hydrogens (tertiary/aromatic N) is 1. The summed E-state index contributed by atoms with van der Waals surface area (Å²) in [7, 11) is 0. The van der Waals surface area contributed by atoms with E-state index in [0.717, 1.165) is 0 Å². The van der Waals surface area contributed by atoms with Crippen LogP contribution in [0.5, 0.6) is 0 Å². The van der Waals surface area contributed by atoms with Gasteiger partial charge in [0.05, 0.1) is 4.92 Å². The van der Waals surface area contributed by atoms with Gasteiger partial charge in [-0.2, -0.15) is 0 Å². The van der Waals surface area contributed by atoms with Gasteiger partial charge in [0, 0.05) is 35.1 Å². The molecule has 0 bridgehead atoms. The molecule has 0 heterocycles. The summed E-state index contributed by atoms with van der Waals surface area (Å²) in [5.74, 6) is -0.597. The van der Waals surface area contributed by atoms with Crippen molar-refractivity contribution in [2.75, 3.05) is 10.6 Å². The number of benzene rings is 3. The van der Waals surface area contributed by atoms with Gasteiger partial charge in [-0.15, -0.1) is 0 Å². The van der Waals surface area contributed by atoms with Gasteiger partial charge in [0.25, 0.3) is 11.6 Å². The molecule has 3 aromatic rings. The number of anilines is 2. The number of hydrogen-bond donors (Lipinski definition) is 2. The molecule has 2 amide bonds. The SMILES string of the molecule is O=C(/C=C/c1cccc([N+](=O)[O-])c1)Nc1ccc(NC(=O)c2ccccc2)cc1. The molecular weight excluding hydrogens is 370 g/mol. The van der Waals surface area contributed by atoms with Crippen molar-refractivity contribution in [1.29, 1.82) is 0 Å². The lowest BCUT2D eigenvalue weighted by molar-refractivity contribution is -0.384. The standard InChI is InChI=1S/C22H17N3O4/c26-21(14-9-16-5-4-8-20(15-16)25(28)29)23-18-10-12-19(13-11-18)24-22(27)17-6-2-1-3-7-17/h1-15H,(H,23,26)(H,24,27)/b14-9+. The van der Waals surface area contributed by atoms with E-state index in [-0.39, 0.29) is 17.5 Å². The number of carbonyl (C=O) groups excluding carboxylic acids is 2. The molecule has 0 fully saturated rings. The fourth-order valence-corrected chi connectivity index (χ4v) is 2.53. The highest BCUT2D eigenvalue weighted by Gasteiger charge is 2.06. The molecule has 0 aromatic heterocycles. The molecule has 29 heavy (non-hydrogen) atoms. The Hall–Kier alpha value is -4.26. The Labute approximate surface area is 166 Å². The second-order valence-electron chi connectivity index (χ2n) is 6.07. The van der Waals surface area contributed by atoms with Gasteiger partial charge in [0.1, 0.15) is 0 Å². The van der Waals surface area contributed by atoms with E-state index < -0.39 is 4.92 Å². The minimum Gasteiger partial charge on any atom is -0.323 e. The Morgan fingerprint density at radius 2 is 1.48 bits per heavy atom. The van der Waals surface area contributed by atoms with Crippen molar-refractivity contribution in [2.45, 2.75) is 0 Å². The molecule has 0 unspecified atom stereocenters. The molecule has 0 aliphatic rings. The Kier molecular flexibility index (Phi) is 6.12. The zero-order valence-corrected chi connectivity index (χ0v) is 15.2. The van der Waals surface area contributed by atoms with E-state index in [0.29, 0.717) is 22.5 Å². The highest BCUT2D eigenvalue weighted by atomic mass is 16.6. The first kappa shape index (κ1) is 19.5. The van der Waals surface area contributed by atoms with E-state index >= 15 is 0 Å². The lowest BCUT2D eigenvalue weighted by atomic mass is 10.2. The summed E-state index contributed by atoms with van der Waals surface area (Å²) >= 11 is 0. The van der Waals surface area contributed by atoms with E-state index in [4.69, 9.17) is 0 Å². The third-order valence-electron chi connectivity index (χ3n) is 3.95. The first-order chi connectivity index (χ1) is 14.0. The van der Waals surface area contributed by atoms with Crippen LogP contribution in [0.15, 0.2) is 84.9 Å². The first-order valence-corrected chi connectivity index (χ1v) is 8.71. The minimum absolute atomic E-state index is 0.0410. The van der Waals surface area contributed by atoms with E-state index in [1.54, 1.807) is 60.7 Å². The fraction of sp³-hybridized carbons (Fsp3) is 0. The van der Waals surface area contributed by atoms with Gasteiger partial charge in [0.2, 0.25) is 5.91 Å². The van der Waals surface area contributed by atoms with Crippen LogP contribution >= 0.6 is 0 Å². The normalized spacial score (nSPS) is 10.5. The number of nitrogens with one attached hydrogen (secondary N) is 2. The Morgan fingerprint density at radius 3 is 2.14 bits per heavy atom. The summed E-state index contributed by atoms with van der Waals surface area (Å²) < 4.78 is 0. The van der Waals surface area contributed by atoms with E-state index in [1.807, 2.05) is 6.07 Å². The summed E-state index contributed by atoms with van der Waals surface area (Å²) in [5, 5.41) is 16.3. The first-order valence-electron chi connectivity index (χ1n) is 8.71. The summed E-state index contributed by atoms with van der Waals surface area (Å²) in [6, 6.07) is 21.5. The van der Waals surface area contributed by atoms with Crippen LogP contribution in [0.25, 0.3) is 6.08 Å². The van der Waals surface area contributed by atoms with Gasteiger partial charge in [-0.3, -0.25) is 19.7 Å². The van der Waals surface area contributed by atoms with Gasteiger partial charge >= 0.3 is 0 Å². The third-order valence-corrected chi connectivity index (χ3v) is 3.95. The van der Waals surface area contributed by atoms with Crippen LogP contribution in [-0.2, 0) is 4.79 Å². The molecule has 0 spiro atoms. The average molecular weight is 387 g/mol. The van der Waals surface area contributed by atoms with Crippen LogP contribution in [0, 0.1) is 10.1 Å². The van der Waals surface area contributed by atoms with Crippen LogP contribution in [0.3, 0.4) is 0 Å². The zero-order chi connectivity index (χ0) is 20.6. The largest absolute Gasteiger partial charge is 0.323 e. The average Bonchev–Trinajstić information content (AvgIpc) is 2.74. The maximum Gasteiger partial charge on any atom is 0.270 e. The lowest BCUT2D eigenvalue weighted by Crippen LogP contribution is -2.12. The summed E-state index contributed by atoms with van der Waals surface area (Å²) in [6.07, 6.45) is 2.79. The predicted molar refractivity (Wildman–Crippen MR) is 112 cm³/mol.